The van der Waals surface area contributed by atoms with Gasteiger partial charge >= 0.3 is 0 Å². The number of fused-ring (bicyclic) bond motifs is 1. The van der Waals surface area contributed by atoms with Gasteiger partial charge in [0.05, 0.1) is 6.42 Å². The number of hydrogen-bond donors (Lipinski definition) is 2. The number of nitrogens with one attached hydrogen (secondary N) is 2. The third-order valence-corrected chi connectivity index (χ3v) is 5.83. The van der Waals surface area contributed by atoms with Crippen LogP contribution >= 0.6 is 0 Å². The third-order valence-electron chi connectivity index (χ3n) is 5.83. The highest BCUT2D eigenvalue weighted by Gasteiger charge is 2.44. The molecular formula is C20H27N3O4. The van der Waals surface area contributed by atoms with Gasteiger partial charge in [0.1, 0.15) is 5.54 Å². The van der Waals surface area contributed by atoms with E-state index in [9.17, 15) is 9.59 Å². The average molecular weight is 373 g/mol. The molecule has 0 unspecified atom stereocenters. The van der Waals surface area contributed by atoms with E-state index in [1.165, 1.54) is 0 Å². The molecule has 2 saturated heterocycles. The van der Waals surface area contributed by atoms with E-state index in [1.54, 1.807) is 0 Å². The van der Waals surface area contributed by atoms with Crippen LogP contribution in [-0.4, -0.2) is 55.2 Å². The zero-order chi connectivity index (χ0) is 19.1. The molecule has 0 bridgehead atoms. The van der Waals surface area contributed by atoms with Crippen LogP contribution in [0.3, 0.4) is 0 Å². The molecule has 3 aliphatic heterocycles. The molecule has 3 heterocycles. The second kappa shape index (κ2) is 6.71. The van der Waals surface area contributed by atoms with Gasteiger partial charge in [-0.2, -0.15) is 0 Å². The van der Waals surface area contributed by atoms with Crippen molar-refractivity contribution >= 4 is 11.8 Å². The quantitative estimate of drug-likeness (QED) is 0.811. The fraction of sp³-hybridized carbons (Fsp3) is 0.600. The normalized spacial score (nSPS) is 23.0. The lowest BCUT2D eigenvalue weighted by molar-refractivity contribution is -0.136. The van der Waals surface area contributed by atoms with Crippen molar-refractivity contribution in [3.05, 3.63) is 23.8 Å². The number of amides is 2. The van der Waals surface area contributed by atoms with Crippen LogP contribution in [0.4, 0.5) is 0 Å². The molecule has 7 nitrogen and oxygen atoms in total. The van der Waals surface area contributed by atoms with Crippen molar-refractivity contribution < 1.29 is 19.1 Å². The molecule has 0 atom stereocenters. The van der Waals surface area contributed by atoms with Crippen molar-refractivity contribution in [3.8, 4) is 11.5 Å². The SMILES string of the molecule is CC1(C)CNC(=O)C2(CCN(C(=O)Cc3ccc4c(c3)OCO4)CC2)NC1. The lowest BCUT2D eigenvalue weighted by Crippen LogP contribution is -2.61. The Morgan fingerprint density at radius 3 is 2.67 bits per heavy atom. The predicted octanol–water partition coefficient (Wildman–Crippen LogP) is 1.06. The van der Waals surface area contributed by atoms with Crippen LogP contribution in [0, 0.1) is 5.41 Å². The van der Waals surface area contributed by atoms with E-state index in [-0.39, 0.29) is 24.0 Å². The molecule has 0 aliphatic carbocycles. The summed E-state index contributed by atoms with van der Waals surface area (Å²) in [6.45, 7) is 7.15. The maximum absolute atomic E-state index is 12.7. The van der Waals surface area contributed by atoms with Gasteiger partial charge in [0, 0.05) is 26.2 Å². The summed E-state index contributed by atoms with van der Waals surface area (Å²) in [5, 5.41) is 6.57. The van der Waals surface area contributed by atoms with Gasteiger partial charge in [0.2, 0.25) is 18.6 Å². The first-order valence-corrected chi connectivity index (χ1v) is 9.57. The maximum atomic E-state index is 12.7. The number of piperidine rings is 1. The second-order valence-corrected chi connectivity index (χ2v) is 8.53. The van der Waals surface area contributed by atoms with Crippen LogP contribution in [-0.2, 0) is 16.0 Å². The Morgan fingerprint density at radius 1 is 1.15 bits per heavy atom. The molecule has 146 valence electrons. The molecule has 3 aliphatic rings. The second-order valence-electron chi connectivity index (χ2n) is 8.53. The van der Waals surface area contributed by atoms with Gasteiger partial charge in [0.25, 0.3) is 0 Å². The minimum absolute atomic E-state index is 0.0332. The van der Waals surface area contributed by atoms with E-state index in [4.69, 9.17) is 9.47 Å². The molecule has 27 heavy (non-hydrogen) atoms. The van der Waals surface area contributed by atoms with E-state index < -0.39 is 5.54 Å². The van der Waals surface area contributed by atoms with Crippen LogP contribution in [0.2, 0.25) is 0 Å². The Labute approximate surface area is 159 Å². The highest BCUT2D eigenvalue weighted by atomic mass is 16.7. The molecule has 0 aromatic heterocycles. The number of nitrogens with zero attached hydrogens (tertiary/aromatic N) is 1. The van der Waals surface area contributed by atoms with E-state index >= 15 is 0 Å². The molecule has 0 saturated carbocycles. The fourth-order valence-electron chi connectivity index (χ4n) is 3.92. The summed E-state index contributed by atoms with van der Waals surface area (Å²) in [5.41, 5.74) is 0.394. The van der Waals surface area contributed by atoms with Gasteiger partial charge in [-0.3, -0.25) is 9.59 Å². The Morgan fingerprint density at radius 2 is 1.89 bits per heavy atom. The van der Waals surface area contributed by atoms with Crippen LogP contribution in [0.1, 0.15) is 32.3 Å². The van der Waals surface area contributed by atoms with Gasteiger partial charge in [0.15, 0.2) is 11.5 Å². The summed E-state index contributed by atoms with van der Waals surface area (Å²) in [6, 6.07) is 5.62. The highest BCUT2D eigenvalue weighted by Crippen LogP contribution is 2.33. The Hall–Kier alpha value is -2.28. The van der Waals surface area contributed by atoms with Gasteiger partial charge < -0.3 is 25.0 Å². The molecule has 1 aromatic carbocycles. The first-order valence-electron chi connectivity index (χ1n) is 9.57. The number of hydrogen-bond acceptors (Lipinski definition) is 5. The van der Waals surface area contributed by atoms with Crippen molar-refractivity contribution in [2.75, 3.05) is 33.0 Å². The lowest BCUT2D eigenvalue weighted by Gasteiger charge is -2.40. The Balaban J connectivity index is 1.37. The standard InChI is InChI=1S/C20H27N3O4/c1-19(2)11-21-18(25)20(22-12-19)5-7-23(8-6-20)17(24)10-14-3-4-15-16(9-14)27-13-26-15/h3-4,9,22H,5-8,10-13H2,1-2H3,(H,21,25). The zero-order valence-corrected chi connectivity index (χ0v) is 16.0. The monoisotopic (exact) mass is 373 g/mol. The summed E-state index contributed by atoms with van der Waals surface area (Å²) in [5.74, 6) is 1.56. The van der Waals surface area contributed by atoms with Gasteiger partial charge in [-0.05, 0) is 36.0 Å². The topological polar surface area (TPSA) is 79.9 Å². The first kappa shape index (κ1) is 18.1. The van der Waals surface area contributed by atoms with E-state index in [0.29, 0.717) is 44.6 Å². The molecule has 4 rings (SSSR count). The summed E-state index contributed by atoms with van der Waals surface area (Å²) in [6.07, 6.45) is 1.61. The maximum Gasteiger partial charge on any atom is 0.240 e. The molecule has 2 amide bonds. The number of likely N-dealkylation sites (tertiary alicyclic amines) is 1. The highest BCUT2D eigenvalue weighted by molar-refractivity contribution is 5.87. The molecule has 2 fully saturated rings. The molecule has 1 spiro atoms. The molecular weight excluding hydrogens is 346 g/mol. The van der Waals surface area contributed by atoms with Crippen molar-refractivity contribution in [1.29, 1.82) is 0 Å². The lowest BCUT2D eigenvalue weighted by atomic mass is 9.86. The summed E-state index contributed by atoms with van der Waals surface area (Å²) in [4.78, 5) is 27.2. The van der Waals surface area contributed by atoms with Crippen molar-refractivity contribution in [1.82, 2.24) is 15.5 Å². The average Bonchev–Trinajstić information content (AvgIpc) is 3.09. The van der Waals surface area contributed by atoms with Crippen LogP contribution in [0.25, 0.3) is 0 Å². The van der Waals surface area contributed by atoms with Crippen molar-refractivity contribution in [3.63, 3.8) is 0 Å². The van der Waals surface area contributed by atoms with Gasteiger partial charge in [-0.25, -0.2) is 0 Å². The summed E-state index contributed by atoms with van der Waals surface area (Å²) < 4.78 is 10.7. The van der Waals surface area contributed by atoms with Crippen LogP contribution < -0.4 is 20.1 Å². The van der Waals surface area contributed by atoms with Gasteiger partial charge in [-0.1, -0.05) is 19.9 Å². The smallest absolute Gasteiger partial charge is 0.240 e. The number of benzene rings is 1. The Kier molecular flexibility index (Phi) is 4.50. The molecule has 2 N–H and O–H groups in total. The van der Waals surface area contributed by atoms with Crippen LogP contribution in [0.15, 0.2) is 18.2 Å². The van der Waals surface area contributed by atoms with E-state index in [1.807, 2.05) is 23.1 Å². The number of rotatable bonds is 2. The summed E-state index contributed by atoms with van der Waals surface area (Å²) >= 11 is 0. The predicted molar refractivity (Wildman–Crippen MR) is 99.6 cm³/mol. The minimum atomic E-state index is -0.552. The summed E-state index contributed by atoms with van der Waals surface area (Å²) in [7, 11) is 0. The van der Waals surface area contributed by atoms with E-state index in [0.717, 1.165) is 17.9 Å². The number of ether oxygens (including phenoxy) is 2. The van der Waals surface area contributed by atoms with Crippen molar-refractivity contribution in [2.24, 2.45) is 5.41 Å². The number of carbonyl (C=O) groups is 2. The van der Waals surface area contributed by atoms with E-state index in [2.05, 4.69) is 24.5 Å². The zero-order valence-electron chi connectivity index (χ0n) is 16.0. The van der Waals surface area contributed by atoms with Crippen LogP contribution in [0.5, 0.6) is 11.5 Å². The third kappa shape index (κ3) is 3.60. The molecule has 1 aromatic rings. The molecule has 0 radical (unpaired) electrons. The van der Waals surface area contributed by atoms with Gasteiger partial charge in [-0.15, -0.1) is 0 Å². The Bertz CT molecular complexity index is 754. The largest absolute Gasteiger partial charge is 0.454 e. The fourth-order valence-corrected chi connectivity index (χ4v) is 3.92. The number of carbonyl (C=O) groups excluding carboxylic acids is 2. The first-order chi connectivity index (χ1) is 12.9. The minimum Gasteiger partial charge on any atom is -0.454 e. The van der Waals surface area contributed by atoms with Crippen molar-refractivity contribution in [2.45, 2.75) is 38.6 Å². The molecule has 7 heteroatoms.